The van der Waals surface area contributed by atoms with E-state index in [0.717, 1.165) is 30.2 Å². The van der Waals surface area contributed by atoms with Gasteiger partial charge in [-0.2, -0.15) is 0 Å². The average molecular weight is 442 g/mol. The summed E-state index contributed by atoms with van der Waals surface area (Å²) in [6.45, 7) is 9.87. The number of fused-ring (bicyclic) bond motifs is 1. The van der Waals surface area contributed by atoms with E-state index in [4.69, 9.17) is 21.6 Å². The van der Waals surface area contributed by atoms with Gasteiger partial charge in [-0.05, 0) is 18.1 Å². The van der Waals surface area contributed by atoms with Gasteiger partial charge in [0.25, 0.3) is 0 Å². The molecule has 0 bridgehead atoms. The highest BCUT2D eigenvalue weighted by Gasteiger charge is 2.31. The summed E-state index contributed by atoms with van der Waals surface area (Å²) in [5.41, 5.74) is 2.08. The van der Waals surface area contributed by atoms with Gasteiger partial charge in [0.2, 0.25) is 5.91 Å². The van der Waals surface area contributed by atoms with Crippen molar-refractivity contribution in [1.82, 2.24) is 29.9 Å². The Balaban J connectivity index is 1.76. The quantitative estimate of drug-likeness (QED) is 0.618. The van der Waals surface area contributed by atoms with Crippen LogP contribution in [-0.4, -0.2) is 61.9 Å². The van der Waals surface area contributed by atoms with E-state index in [1.165, 1.54) is 0 Å². The first-order valence-corrected chi connectivity index (χ1v) is 10.9. The molecule has 9 heteroatoms. The molecule has 1 aromatic carbocycles. The second kappa shape index (κ2) is 8.07. The minimum absolute atomic E-state index is 0.0701. The zero-order chi connectivity index (χ0) is 22.3. The van der Waals surface area contributed by atoms with Gasteiger partial charge in [-0.3, -0.25) is 4.79 Å². The molecule has 0 aliphatic carbocycles. The standard InChI is InChI=1S/C22H28ClN7O/c1-14(31)28(5)16-10-11-29(13-16)19-18-20(25-21(24-19)22(2,3)4)30(27-26-18)12-15-8-6-7-9-17(15)23/h6-9,16H,10-13H2,1-5H3. The molecule has 1 aliphatic rings. The summed E-state index contributed by atoms with van der Waals surface area (Å²) >= 11 is 6.37. The number of aromatic nitrogens is 5. The zero-order valence-corrected chi connectivity index (χ0v) is 19.4. The number of hydrogen-bond acceptors (Lipinski definition) is 6. The van der Waals surface area contributed by atoms with E-state index in [9.17, 15) is 4.79 Å². The number of benzene rings is 1. The molecule has 1 saturated heterocycles. The van der Waals surface area contributed by atoms with Crippen LogP contribution in [0, 0.1) is 0 Å². The van der Waals surface area contributed by atoms with Gasteiger partial charge in [0.1, 0.15) is 5.82 Å². The molecule has 3 heterocycles. The third kappa shape index (κ3) is 4.21. The molecule has 1 atom stereocenters. The molecular formula is C22H28ClN7O. The molecular weight excluding hydrogens is 414 g/mol. The van der Waals surface area contributed by atoms with Crippen molar-refractivity contribution in [1.29, 1.82) is 0 Å². The van der Waals surface area contributed by atoms with Crippen molar-refractivity contribution in [2.75, 3.05) is 25.0 Å². The van der Waals surface area contributed by atoms with E-state index >= 15 is 0 Å². The van der Waals surface area contributed by atoms with Crippen LogP contribution in [0.2, 0.25) is 5.02 Å². The maximum atomic E-state index is 11.8. The number of likely N-dealkylation sites (N-methyl/N-ethyl adjacent to an activating group) is 1. The second-order valence-electron chi connectivity index (χ2n) is 9.15. The van der Waals surface area contributed by atoms with Crippen molar-refractivity contribution in [2.45, 2.75) is 52.1 Å². The van der Waals surface area contributed by atoms with Crippen LogP contribution in [-0.2, 0) is 16.8 Å². The first kappa shape index (κ1) is 21.5. The SMILES string of the molecule is CC(=O)N(C)C1CCN(c2nc(C(C)(C)C)nc3c2nnn3Cc2ccccc2Cl)C1. The summed E-state index contributed by atoms with van der Waals surface area (Å²) in [4.78, 5) is 25.6. The van der Waals surface area contributed by atoms with Crippen molar-refractivity contribution in [3.63, 3.8) is 0 Å². The molecule has 0 saturated carbocycles. The van der Waals surface area contributed by atoms with Crippen molar-refractivity contribution < 1.29 is 4.79 Å². The number of halogens is 1. The third-order valence-electron chi connectivity index (χ3n) is 5.80. The fourth-order valence-electron chi connectivity index (χ4n) is 3.80. The molecule has 0 spiro atoms. The van der Waals surface area contributed by atoms with E-state index in [2.05, 4.69) is 36.0 Å². The predicted molar refractivity (Wildman–Crippen MR) is 121 cm³/mol. The fraction of sp³-hybridized carbons (Fsp3) is 0.500. The molecule has 8 nitrogen and oxygen atoms in total. The maximum Gasteiger partial charge on any atom is 0.219 e. The van der Waals surface area contributed by atoms with Crippen LogP contribution in [0.5, 0.6) is 0 Å². The van der Waals surface area contributed by atoms with Crippen LogP contribution < -0.4 is 4.90 Å². The van der Waals surface area contributed by atoms with Gasteiger partial charge in [-0.15, -0.1) is 5.10 Å². The molecule has 0 N–H and O–H groups in total. The normalized spacial score (nSPS) is 16.8. The Hall–Kier alpha value is -2.74. The first-order chi connectivity index (χ1) is 14.6. The number of carbonyl (C=O) groups is 1. The summed E-state index contributed by atoms with van der Waals surface area (Å²) in [7, 11) is 1.85. The molecule has 2 aromatic heterocycles. The fourth-order valence-corrected chi connectivity index (χ4v) is 4.00. The summed E-state index contributed by atoms with van der Waals surface area (Å²) in [5, 5.41) is 9.51. The van der Waals surface area contributed by atoms with Gasteiger partial charge >= 0.3 is 0 Å². The number of hydrogen-bond donors (Lipinski definition) is 0. The van der Waals surface area contributed by atoms with E-state index in [-0.39, 0.29) is 17.4 Å². The van der Waals surface area contributed by atoms with Crippen LogP contribution in [0.15, 0.2) is 24.3 Å². The topological polar surface area (TPSA) is 80.0 Å². The van der Waals surface area contributed by atoms with Gasteiger partial charge in [0, 0.05) is 37.5 Å². The summed E-state index contributed by atoms with van der Waals surface area (Å²) in [6, 6.07) is 7.86. The third-order valence-corrected chi connectivity index (χ3v) is 6.17. The number of carbonyl (C=O) groups excluding carboxylic acids is 1. The number of amides is 1. The lowest BCUT2D eigenvalue weighted by Gasteiger charge is -2.25. The van der Waals surface area contributed by atoms with Gasteiger partial charge in [-0.25, -0.2) is 14.6 Å². The van der Waals surface area contributed by atoms with Gasteiger partial charge < -0.3 is 9.80 Å². The molecule has 31 heavy (non-hydrogen) atoms. The summed E-state index contributed by atoms with van der Waals surface area (Å²) in [5.74, 6) is 1.58. The molecule has 1 unspecified atom stereocenters. The van der Waals surface area contributed by atoms with E-state index in [1.807, 2.05) is 31.3 Å². The maximum absolute atomic E-state index is 11.8. The van der Waals surface area contributed by atoms with Crippen molar-refractivity contribution in [3.8, 4) is 0 Å². The lowest BCUT2D eigenvalue weighted by molar-refractivity contribution is -0.129. The molecule has 3 aromatic rings. The number of anilines is 1. The Morgan fingerprint density at radius 1 is 1.26 bits per heavy atom. The highest BCUT2D eigenvalue weighted by molar-refractivity contribution is 6.31. The van der Waals surface area contributed by atoms with Crippen LogP contribution in [0.25, 0.3) is 11.2 Å². The number of rotatable bonds is 4. The predicted octanol–water partition coefficient (Wildman–Crippen LogP) is 3.28. The number of nitrogens with zero attached hydrogens (tertiary/aromatic N) is 7. The average Bonchev–Trinajstić information content (AvgIpc) is 3.35. The van der Waals surface area contributed by atoms with E-state index in [1.54, 1.807) is 16.5 Å². The minimum atomic E-state index is -0.238. The van der Waals surface area contributed by atoms with Crippen molar-refractivity contribution in [2.24, 2.45) is 0 Å². The molecule has 1 fully saturated rings. The lowest BCUT2D eigenvalue weighted by atomic mass is 9.96. The van der Waals surface area contributed by atoms with Gasteiger partial charge in [-0.1, -0.05) is 55.8 Å². The Labute approximate surface area is 187 Å². The van der Waals surface area contributed by atoms with Crippen molar-refractivity contribution >= 4 is 34.5 Å². The van der Waals surface area contributed by atoms with Crippen LogP contribution >= 0.6 is 11.6 Å². The van der Waals surface area contributed by atoms with Crippen LogP contribution in [0.3, 0.4) is 0 Å². The summed E-state index contributed by atoms with van der Waals surface area (Å²) < 4.78 is 1.78. The smallest absolute Gasteiger partial charge is 0.219 e. The largest absolute Gasteiger partial charge is 0.352 e. The molecule has 4 rings (SSSR count). The first-order valence-electron chi connectivity index (χ1n) is 10.5. The lowest BCUT2D eigenvalue weighted by Crippen LogP contribution is -2.37. The second-order valence-corrected chi connectivity index (χ2v) is 9.56. The molecule has 164 valence electrons. The Kier molecular flexibility index (Phi) is 5.60. The van der Waals surface area contributed by atoms with E-state index < -0.39 is 0 Å². The minimum Gasteiger partial charge on any atom is -0.352 e. The van der Waals surface area contributed by atoms with E-state index in [0.29, 0.717) is 29.3 Å². The monoisotopic (exact) mass is 441 g/mol. The molecule has 1 amide bonds. The Bertz CT molecular complexity index is 1120. The van der Waals surface area contributed by atoms with Crippen LogP contribution in [0.4, 0.5) is 5.82 Å². The van der Waals surface area contributed by atoms with Gasteiger partial charge in [0.15, 0.2) is 17.0 Å². The zero-order valence-electron chi connectivity index (χ0n) is 18.6. The van der Waals surface area contributed by atoms with Crippen molar-refractivity contribution in [3.05, 3.63) is 40.7 Å². The van der Waals surface area contributed by atoms with Gasteiger partial charge in [0.05, 0.1) is 12.6 Å². The van der Waals surface area contributed by atoms with Crippen LogP contribution in [0.1, 0.15) is 45.5 Å². The highest BCUT2D eigenvalue weighted by atomic mass is 35.5. The summed E-state index contributed by atoms with van der Waals surface area (Å²) in [6.07, 6.45) is 0.889. The highest BCUT2D eigenvalue weighted by Crippen LogP contribution is 2.30. The Morgan fingerprint density at radius 2 is 2.00 bits per heavy atom. The molecule has 1 aliphatic heterocycles. The molecule has 0 radical (unpaired) electrons. The Morgan fingerprint density at radius 3 is 2.68 bits per heavy atom.